The lowest BCUT2D eigenvalue weighted by Gasteiger charge is -2.28. The normalized spacial score (nSPS) is 13.8. The summed E-state index contributed by atoms with van der Waals surface area (Å²) in [6.45, 7) is 7.88. The first-order valence-electron chi connectivity index (χ1n) is 10.4. The number of benzene rings is 1. The van der Waals surface area contributed by atoms with E-state index in [1.54, 1.807) is 6.20 Å². The molecule has 156 valence electrons. The zero-order valence-electron chi connectivity index (χ0n) is 17.4. The molecule has 3 aromatic rings. The maximum absolute atomic E-state index is 12.7. The first-order valence-corrected chi connectivity index (χ1v) is 10.4. The fourth-order valence-electron chi connectivity index (χ4n) is 3.95. The van der Waals surface area contributed by atoms with Crippen molar-refractivity contribution in [3.05, 3.63) is 69.8 Å². The Morgan fingerprint density at radius 2 is 2.03 bits per heavy atom. The van der Waals surface area contributed by atoms with Crippen molar-refractivity contribution in [1.82, 2.24) is 19.9 Å². The average Bonchev–Trinajstić information content (AvgIpc) is 2.77. The summed E-state index contributed by atoms with van der Waals surface area (Å²) in [5, 5.41) is 10.5. The SMILES string of the molecule is CCN(CC)c1ccc(CN2CCc3nc(-c4ccccn4)[nH]c(=O)c3C2)c(O)c1. The molecule has 0 aliphatic carbocycles. The number of hydrogen-bond acceptors (Lipinski definition) is 6. The molecule has 2 aromatic heterocycles. The number of rotatable bonds is 6. The Hall–Kier alpha value is -3.19. The Morgan fingerprint density at radius 3 is 2.73 bits per heavy atom. The topological polar surface area (TPSA) is 85.4 Å². The van der Waals surface area contributed by atoms with Gasteiger partial charge < -0.3 is 15.0 Å². The molecule has 0 spiro atoms. The first-order chi connectivity index (χ1) is 14.6. The van der Waals surface area contributed by atoms with Crippen LogP contribution in [0.4, 0.5) is 5.69 Å². The number of H-pyrrole nitrogens is 1. The predicted octanol–water partition coefficient (Wildman–Crippen LogP) is 2.94. The highest BCUT2D eigenvalue weighted by atomic mass is 16.3. The van der Waals surface area contributed by atoms with Gasteiger partial charge >= 0.3 is 0 Å². The van der Waals surface area contributed by atoms with Gasteiger partial charge in [0.05, 0.1) is 11.3 Å². The van der Waals surface area contributed by atoms with Gasteiger partial charge in [-0.25, -0.2) is 4.98 Å². The highest BCUT2D eigenvalue weighted by Crippen LogP contribution is 2.27. The molecule has 0 amide bonds. The van der Waals surface area contributed by atoms with Crippen LogP contribution < -0.4 is 10.5 Å². The Bertz CT molecular complexity index is 1080. The molecule has 0 saturated heterocycles. The average molecular weight is 406 g/mol. The largest absolute Gasteiger partial charge is 0.508 e. The number of nitrogens with one attached hydrogen (secondary N) is 1. The molecule has 4 rings (SSSR count). The zero-order chi connectivity index (χ0) is 21.1. The lowest BCUT2D eigenvalue weighted by molar-refractivity contribution is 0.239. The third-order valence-corrected chi connectivity index (χ3v) is 5.65. The van der Waals surface area contributed by atoms with Crippen LogP contribution >= 0.6 is 0 Å². The van der Waals surface area contributed by atoms with E-state index < -0.39 is 0 Å². The second kappa shape index (κ2) is 8.67. The molecule has 2 N–H and O–H groups in total. The molecular weight excluding hydrogens is 378 g/mol. The fraction of sp³-hybridized carbons (Fsp3) is 0.348. The third kappa shape index (κ3) is 4.07. The number of aromatic nitrogens is 3. The maximum atomic E-state index is 12.7. The summed E-state index contributed by atoms with van der Waals surface area (Å²) in [6.07, 6.45) is 2.38. The molecule has 7 nitrogen and oxygen atoms in total. The minimum absolute atomic E-state index is 0.119. The number of pyridine rings is 1. The van der Waals surface area contributed by atoms with E-state index in [9.17, 15) is 9.90 Å². The summed E-state index contributed by atoms with van der Waals surface area (Å²) in [4.78, 5) is 28.9. The third-order valence-electron chi connectivity index (χ3n) is 5.65. The molecule has 0 fully saturated rings. The fourth-order valence-corrected chi connectivity index (χ4v) is 3.95. The summed E-state index contributed by atoms with van der Waals surface area (Å²) in [5.74, 6) is 0.806. The summed E-state index contributed by atoms with van der Waals surface area (Å²) < 4.78 is 0. The molecular formula is C23H27N5O2. The van der Waals surface area contributed by atoms with E-state index in [1.807, 2.05) is 36.4 Å². The Labute approximate surface area is 176 Å². The van der Waals surface area contributed by atoms with Crippen LogP contribution in [0.3, 0.4) is 0 Å². The van der Waals surface area contributed by atoms with Crippen LogP contribution in [0, 0.1) is 0 Å². The highest BCUT2D eigenvalue weighted by molar-refractivity contribution is 5.53. The number of aromatic hydroxyl groups is 1. The number of phenolic OH excluding ortho intramolecular Hbond substituents is 1. The number of nitrogens with zero attached hydrogens (tertiary/aromatic N) is 4. The van der Waals surface area contributed by atoms with Crippen molar-refractivity contribution >= 4 is 5.69 Å². The van der Waals surface area contributed by atoms with Gasteiger partial charge in [-0.05, 0) is 32.0 Å². The van der Waals surface area contributed by atoms with E-state index in [0.29, 0.717) is 42.3 Å². The molecule has 0 saturated carbocycles. The number of anilines is 1. The second-order valence-corrected chi connectivity index (χ2v) is 7.50. The maximum Gasteiger partial charge on any atom is 0.255 e. The molecule has 1 aromatic carbocycles. The molecule has 0 bridgehead atoms. The summed E-state index contributed by atoms with van der Waals surface area (Å²) in [7, 11) is 0. The molecule has 1 aliphatic heterocycles. The van der Waals surface area contributed by atoms with Crippen molar-refractivity contribution in [3.8, 4) is 17.3 Å². The predicted molar refractivity (Wildman–Crippen MR) is 118 cm³/mol. The Morgan fingerprint density at radius 1 is 1.20 bits per heavy atom. The molecule has 0 radical (unpaired) electrons. The molecule has 1 aliphatic rings. The number of hydrogen-bond donors (Lipinski definition) is 2. The standard InChI is InChI=1S/C23H27N5O2/c1-3-28(4-2)17-9-8-16(21(29)13-17)14-27-12-10-19-18(15-27)23(30)26-22(25-19)20-7-5-6-11-24-20/h5-9,11,13,29H,3-4,10,12,14-15H2,1-2H3,(H,25,26,30). The van der Waals surface area contributed by atoms with E-state index in [-0.39, 0.29) is 5.56 Å². The molecule has 3 heterocycles. The van der Waals surface area contributed by atoms with Crippen LogP contribution in [0.1, 0.15) is 30.7 Å². The van der Waals surface area contributed by atoms with Crippen LogP contribution in [-0.2, 0) is 19.5 Å². The quantitative estimate of drug-likeness (QED) is 0.656. The van der Waals surface area contributed by atoms with Gasteiger partial charge in [-0.2, -0.15) is 0 Å². The van der Waals surface area contributed by atoms with Crippen molar-refractivity contribution < 1.29 is 5.11 Å². The highest BCUT2D eigenvalue weighted by Gasteiger charge is 2.22. The van der Waals surface area contributed by atoms with Gasteiger partial charge in [0.2, 0.25) is 0 Å². The van der Waals surface area contributed by atoms with Crippen LogP contribution in [0.5, 0.6) is 5.75 Å². The van der Waals surface area contributed by atoms with E-state index in [0.717, 1.165) is 36.6 Å². The monoisotopic (exact) mass is 405 g/mol. The smallest absolute Gasteiger partial charge is 0.255 e. The van der Waals surface area contributed by atoms with Crippen molar-refractivity contribution in [1.29, 1.82) is 0 Å². The Balaban J connectivity index is 1.52. The lowest BCUT2D eigenvalue weighted by atomic mass is 10.1. The van der Waals surface area contributed by atoms with Gasteiger partial charge in [-0.1, -0.05) is 12.1 Å². The minimum atomic E-state index is -0.119. The van der Waals surface area contributed by atoms with Gasteiger partial charge in [-0.3, -0.25) is 14.7 Å². The van der Waals surface area contributed by atoms with Crippen molar-refractivity contribution in [2.24, 2.45) is 0 Å². The van der Waals surface area contributed by atoms with Crippen LogP contribution in [0.2, 0.25) is 0 Å². The van der Waals surface area contributed by atoms with Gasteiger partial charge in [0.15, 0.2) is 5.82 Å². The van der Waals surface area contributed by atoms with Crippen LogP contribution in [0.25, 0.3) is 11.5 Å². The minimum Gasteiger partial charge on any atom is -0.508 e. The van der Waals surface area contributed by atoms with Crippen LogP contribution in [-0.4, -0.2) is 44.6 Å². The number of aromatic amines is 1. The van der Waals surface area contributed by atoms with E-state index in [1.165, 1.54) is 0 Å². The van der Waals surface area contributed by atoms with E-state index in [2.05, 4.69) is 38.6 Å². The lowest BCUT2D eigenvalue weighted by Crippen LogP contribution is -2.35. The van der Waals surface area contributed by atoms with Gasteiger partial charge in [0.1, 0.15) is 11.4 Å². The molecule has 0 atom stereocenters. The second-order valence-electron chi connectivity index (χ2n) is 7.50. The summed E-state index contributed by atoms with van der Waals surface area (Å²) >= 11 is 0. The molecule has 30 heavy (non-hydrogen) atoms. The van der Waals surface area contributed by atoms with E-state index in [4.69, 9.17) is 0 Å². The van der Waals surface area contributed by atoms with Gasteiger partial charge in [-0.15, -0.1) is 0 Å². The molecule has 0 unspecified atom stereocenters. The summed E-state index contributed by atoms with van der Waals surface area (Å²) in [6, 6.07) is 11.4. The van der Waals surface area contributed by atoms with Crippen molar-refractivity contribution in [3.63, 3.8) is 0 Å². The van der Waals surface area contributed by atoms with Gasteiger partial charge in [0.25, 0.3) is 5.56 Å². The number of phenols is 1. The van der Waals surface area contributed by atoms with Crippen LogP contribution in [0.15, 0.2) is 47.4 Å². The molecule has 7 heteroatoms. The summed E-state index contributed by atoms with van der Waals surface area (Å²) in [5.41, 5.74) is 3.96. The van der Waals surface area contributed by atoms with Gasteiger partial charge in [0, 0.05) is 62.7 Å². The van der Waals surface area contributed by atoms with Crippen molar-refractivity contribution in [2.75, 3.05) is 24.5 Å². The number of fused-ring (bicyclic) bond motifs is 1. The van der Waals surface area contributed by atoms with E-state index >= 15 is 0 Å². The Kier molecular flexibility index (Phi) is 5.81. The zero-order valence-corrected chi connectivity index (χ0v) is 17.4. The first kappa shape index (κ1) is 20.1. The van der Waals surface area contributed by atoms with Crippen molar-refractivity contribution in [2.45, 2.75) is 33.4 Å².